The van der Waals surface area contributed by atoms with Crippen molar-refractivity contribution in [2.24, 2.45) is 0 Å². The number of amides is 3. The summed E-state index contributed by atoms with van der Waals surface area (Å²) in [5.41, 5.74) is 1.78. The van der Waals surface area contributed by atoms with Gasteiger partial charge in [0, 0.05) is 26.7 Å². The van der Waals surface area contributed by atoms with E-state index in [2.05, 4.69) is 10.2 Å². The fourth-order valence-electron chi connectivity index (χ4n) is 4.75. The number of para-hydroxylation sites is 1. The summed E-state index contributed by atoms with van der Waals surface area (Å²) in [6, 6.07) is 14.1. The molecule has 1 fully saturated rings. The number of benzene rings is 2. The van der Waals surface area contributed by atoms with E-state index in [4.69, 9.17) is 25.8 Å². The predicted molar refractivity (Wildman–Crippen MR) is 157 cm³/mol. The number of nitrogens with zero attached hydrogens (tertiary/aromatic N) is 3. The summed E-state index contributed by atoms with van der Waals surface area (Å²) >= 11 is 6.63. The van der Waals surface area contributed by atoms with Gasteiger partial charge < -0.3 is 34.2 Å². The third-order valence-electron chi connectivity index (χ3n) is 6.89. The number of nitrogens with one attached hydrogen (secondary N) is 1. The Hall–Kier alpha value is -3.50. The molecule has 1 saturated heterocycles. The second-order valence-corrected chi connectivity index (χ2v) is 11.7. The van der Waals surface area contributed by atoms with E-state index >= 15 is 0 Å². The third-order valence-corrected chi connectivity index (χ3v) is 7.19. The van der Waals surface area contributed by atoms with E-state index in [0.717, 1.165) is 11.3 Å². The van der Waals surface area contributed by atoms with Crippen LogP contribution in [-0.4, -0.2) is 80.6 Å². The van der Waals surface area contributed by atoms with E-state index in [0.29, 0.717) is 56.3 Å². The largest absolute Gasteiger partial charge is 0.445 e. The van der Waals surface area contributed by atoms with Gasteiger partial charge in [-0.3, -0.25) is 4.79 Å². The molecule has 4 rings (SSSR count). The van der Waals surface area contributed by atoms with Crippen molar-refractivity contribution >= 4 is 41.1 Å². The number of rotatable bonds is 8. The molecule has 11 heteroatoms. The van der Waals surface area contributed by atoms with Gasteiger partial charge in [-0.1, -0.05) is 48.0 Å². The van der Waals surface area contributed by atoms with E-state index < -0.39 is 17.7 Å². The highest BCUT2D eigenvalue weighted by Crippen LogP contribution is 2.38. The molecule has 0 unspecified atom stereocenters. The number of hydrogen-bond donors (Lipinski definition) is 1. The number of halogens is 1. The normalized spacial score (nSPS) is 17.7. The zero-order valence-corrected chi connectivity index (χ0v) is 24.9. The van der Waals surface area contributed by atoms with Crippen molar-refractivity contribution in [3.8, 4) is 0 Å². The number of carbonyl (C=O) groups excluding carboxylic acids is 3. The second-order valence-electron chi connectivity index (χ2n) is 11.3. The SMILES string of the molecule is CN1C(=O)[C@@H](NC(=O)OCc2ccccc2)CCN(CCCOC2CN(C(=O)OC(C)(C)C)C2)c2c(Cl)cccc21. The molecule has 0 saturated carbocycles. The Balaban J connectivity index is 1.32. The Kier molecular flexibility index (Phi) is 9.99. The van der Waals surface area contributed by atoms with Crippen molar-refractivity contribution < 1.29 is 28.6 Å². The first-order valence-electron chi connectivity index (χ1n) is 13.9. The lowest BCUT2D eigenvalue weighted by atomic mass is 10.1. The van der Waals surface area contributed by atoms with Crippen LogP contribution in [0, 0.1) is 0 Å². The monoisotopic (exact) mass is 586 g/mol. The lowest BCUT2D eigenvalue weighted by molar-refractivity contribution is -0.120. The lowest BCUT2D eigenvalue weighted by Gasteiger charge is -2.39. The maximum Gasteiger partial charge on any atom is 0.410 e. The molecule has 3 amide bonds. The van der Waals surface area contributed by atoms with Crippen LogP contribution in [0.5, 0.6) is 0 Å². The van der Waals surface area contributed by atoms with Crippen LogP contribution in [0.15, 0.2) is 48.5 Å². The molecule has 41 heavy (non-hydrogen) atoms. The Bertz CT molecular complexity index is 1220. The summed E-state index contributed by atoms with van der Waals surface area (Å²) in [5, 5.41) is 3.29. The Morgan fingerprint density at radius 3 is 2.51 bits per heavy atom. The summed E-state index contributed by atoms with van der Waals surface area (Å²) in [6.45, 7) is 8.30. The van der Waals surface area contributed by atoms with E-state index in [1.54, 1.807) is 24.1 Å². The molecule has 2 aliphatic heterocycles. The zero-order valence-electron chi connectivity index (χ0n) is 24.1. The van der Waals surface area contributed by atoms with Gasteiger partial charge in [-0.15, -0.1) is 0 Å². The molecule has 2 aromatic carbocycles. The van der Waals surface area contributed by atoms with Crippen LogP contribution < -0.4 is 15.1 Å². The highest BCUT2D eigenvalue weighted by Gasteiger charge is 2.35. The maximum atomic E-state index is 13.4. The quantitative estimate of drug-likeness (QED) is 0.442. The minimum absolute atomic E-state index is 0.0232. The van der Waals surface area contributed by atoms with E-state index in [1.807, 2.05) is 57.2 Å². The van der Waals surface area contributed by atoms with Gasteiger partial charge in [-0.2, -0.15) is 0 Å². The van der Waals surface area contributed by atoms with Crippen molar-refractivity contribution in [2.45, 2.75) is 58.0 Å². The van der Waals surface area contributed by atoms with Gasteiger partial charge in [-0.05, 0) is 51.3 Å². The van der Waals surface area contributed by atoms with Gasteiger partial charge in [0.2, 0.25) is 5.91 Å². The van der Waals surface area contributed by atoms with Gasteiger partial charge in [0.25, 0.3) is 0 Å². The Morgan fingerprint density at radius 2 is 1.80 bits per heavy atom. The molecule has 2 aliphatic rings. The minimum Gasteiger partial charge on any atom is -0.445 e. The summed E-state index contributed by atoms with van der Waals surface area (Å²) < 4.78 is 16.7. The molecule has 0 radical (unpaired) electrons. The van der Waals surface area contributed by atoms with Crippen LogP contribution in [0.2, 0.25) is 5.02 Å². The van der Waals surface area contributed by atoms with Gasteiger partial charge in [0.05, 0.1) is 35.6 Å². The molecule has 1 atom stereocenters. The summed E-state index contributed by atoms with van der Waals surface area (Å²) in [4.78, 5) is 43.4. The second kappa shape index (κ2) is 13.4. The smallest absolute Gasteiger partial charge is 0.410 e. The number of fused-ring (bicyclic) bond motifs is 1. The number of carbonyl (C=O) groups is 3. The standard InChI is InChI=1S/C30H39ClN4O6/c1-30(2,3)41-29(38)35-18-22(19-35)39-17-9-15-34-16-14-24(32-28(37)40-20-21-10-6-5-7-11-21)27(36)33(4)25-13-8-12-23(31)26(25)34/h5-8,10-13,22,24H,9,14-20H2,1-4H3,(H,32,37)/t24-/m0/s1. The van der Waals surface area contributed by atoms with Crippen LogP contribution in [-0.2, 0) is 25.6 Å². The number of alkyl carbamates (subject to hydrolysis) is 1. The van der Waals surface area contributed by atoms with Crippen molar-refractivity contribution in [2.75, 3.05) is 49.6 Å². The van der Waals surface area contributed by atoms with Crippen LogP contribution in [0.1, 0.15) is 39.2 Å². The maximum absolute atomic E-state index is 13.4. The topological polar surface area (TPSA) is 101 Å². The Labute approximate surface area is 246 Å². The predicted octanol–water partition coefficient (Wildman–Crippen LogP) is 4.83. The van der Waals surface area contributed by atoms with Crippen molar-refractivity contribution in [3.63, 3.8) is 0 Å². The van der Waals surface area contributed by atoms with Crippen molar-refractivity contribution in [1.29, 1.82) is 0 Å². The number of likely N-dealkylation sites (N-methyl/N-ethyl adjacent to an activating group) is 1. The fourth-order valence-corrected chi connectivity index (χ4v) is 5.04. The first-order chi connectivity index (χ1) is 19.5. The summed E-state index contributed by atoms with van der Waals surface area (Å²) in [7, 11) is 1.68. The molecule has 2 aromatic rings. The van der Waals surface area contributed by atoms with Crippen molar-refractivity contribution in [1.82, 2.24) is 10.2 Å². The third kappa shape index (κ3) is 8.27. The zero-order chi connectivity index (χ0) is 29.6. The van der Waals surface area contributed by atoms with Crippen LogP contribution in [0.3, 0.4) is 0 Å². The highest BCUT2D eigenvalue weighted by molar-refractivity contribution is 6.34. The van der Waals surface area contributed by atoms with E-state index in [-0.39, 0.29) is 24.7 Å². The first kappa shape index (κ1) is 30.5. The molecule has 222 valence electrons. The Morgan fingerprint density at radius 1 is 1.07 bits per heavy atom. The molecule has 0 aromatic heterocycles. The average molecular weight is 587 g/mol. The molecule has 1 N–H and O–H groups in total. The first-order valence-corrected chi connectivity index (χ1v) is 14.3. The average Bonchev–Trinajstić information content (AvgIpc) is 2.90. The number of ether oxygens (including phenoxy) is 3. The minimum atomic E-state index is -0.761. The summed E-state index contributed by atoms with van der Waals surface area (Å²) in [6.07, 6.45) is 0.0961. The molecule has 0 spiro atoms. The molecule has 2 heterocycles. The van der Waals surface area contributed by atoms with Crippen LogP contribution in [0.4, 0.5) is 21.0 Å². The van der Waals surface area contributed by atoms with Gasteiger partial charge in [0.15, 0.2) is 0 Å². The van der Waals surface area contributed by atoms with Gasteiger partial charge in [-0.25, -0.2) is 9.59 Å². The van der Waals surface area contributed by atoms with Crippen molar-refractivity contribution in [3.05, 3.63) is 59.1 Å². The summed E-state index contributed by atoms with van der Waals surface area (Å²) in [5.74, 6) is -0.243. The van der Waals surface area contributed by atoms with Gasteiger partial charge >= 0.3 is 12.2 Å². The molecule has 0 aliphatic carbocycles. The number of likely N-dealkylation sites (tertiary alicyclic amines) is 1. The molecular weight excluding hydrogens is 548 g/mol. The number of hydrogen-bond acceptors (Lipinski definition) is 7. The lowest BCUT2D eigenvalue weighted by Crippen LogP contribution is -2.56. The highest BCUT2D eigenvalue weighted by atomic mass is 35.5. The fraction of sp³-hybridized carbons (Fsp3) is 0.500. The molecular formula is C30H39ClN4O6. The van der Waals surface area contributed by atoms with Crippen LogP contribution >= 0.6 is 11.6 Å². The number of anilines is 2. The van der Waals surface area contributed by atoms with Crippen LogP contribution in [0.25, 0.3) is 0 Å². The molecule has 0 bridgehead atoms. The van der Waals surface area contributed by atoms with E-state index in [9.17, 15) is 14.4 Å². The van der Waals surface area contributed by atoms with Gasteiger partial charge in [0.1, 0.15) is 18.2 Å². The van der Waals surface area contributed by atoms with E-state index in [1.165, 1.54) is 4.90 Å². The molecule has 10 nitrogen and oxygen atoms in total.